The lowest BCUT2D eigenvalue weighted by Crippen LogP contribution is -2.14. The first-order chi connectivity index (χ1) is 9.34. The Hall–Kier alpha value is -1.39. The van der Waals surface area contributed by atoms with Crippen molar-refractivity contribution in [2.45, 2.75) is 32.2 Å². The van der Waals surface area contributed by atoms with Gasteiger partial charge in [-0.1, -0.05) is 26.8 Å². The lowest BCUT2D eigenvalue weighted by Gasteiger charge is -2.17. The van der Waals surface area contributed by atoms with E-state index < -0.39 is 6.04 Å². The Morgan fingerprint density at radius 1 is 1.20 bits per heavy atom. The largest absolute Gasteiger partial charge is 0.496 e. The van der Waals surface area contributed by atoms with E-state index in [1.807, 2.05) is 6.07 Å². The predicted molar refractivity (Wildman–Crippen MR) is 82.0 cm³/mol. The molecule has 4 heteroatoms. The summed E-state index contributed by atoms with van der Waals surface area (Å²) in [5.41, 5.74) is 6.73. The number of halogens is 1. The first-order valence-electron chi connectivity index (χ1n) is 6.52. The van der Waals surface area contributed by atoms with E-state index >= 15 is 0 Å². The summed E-state index contributed by atoms with van der Waals surface area (Å²) < 4.78 is 19.3. The van der Waals surface area contributed by atoms with Gasteiger partial charge in [0.25, 0.3) is 0 Å². The summed E-state index contributed by atoms with van der Waals surface area (Å²) in [7, 11) is 1.53. The summed E-state index contributed by atoms with van der Waals surface area (Å²) in [5, 5.41) is 0. The number of thiophene rings is 1. The third kappa shape index (κ3) is 2.86. The minimum atomic E-state index is -0.507. The molecule has 1 unspecified atom stereocenters. The highest BCUT2D eigenvalue weighted by Gasteiger charge is 2.22. The lowest BCUT2D eigenvalue weighted by molar-refractivity contribution is 0.402. The minimum Gasteiger partial charge on any atom is -0.496 e. The molecule has 0 spiro atoms. The maximum Gasteiger partial charge on any atom is 0.132 e. The Morgan fingerprint density at radius 3 is 2.45 bits per heavy atom. The van der Waals surface area contributed by atoms with Crippen molar-refractivity contribution >= 4 is 11.3 Å². The molecule has 2 rings (SSSR count). The van der Waals surface area contributed by atoms with E-state index in [4.69, 9.17) is 10.5 Å². The van der Waals surface area contributed by atoms with Crippen molar-refractivity contribution in [3.63, 3.8) is 0 Å². The van der Waals surface area contributed by atoms with E-state index in [1.54, 1.807) is 23.5 Å². The Kier molecular flexibility index (Phi) is 4.16. The van der Waals surface area contributed by atoms with Gasteiger partial charge in [-0.25, -0.2) is 4.39 Å². The van der Waals surface area contributed by atoms with Gasteiger partial charge < -0.3 is 10.5 Å². The molecule has 2 N–H and O–H groups in total. The summed E-state index contributed by atoms with van der Waals surface area (Å²) >= 11 is 1.62. The number of hydrogen-bond donors (Lipinski definition) is 1. The Morgan fingerprint density at radius 2 is 1.90 bits per heavy atom. The second-order valence-corrected chi connectivity index (χ2v) is 6.90. The molecule has 0 saturated heterocycles. The van der Waals surface area contributed by atoms with E-state index in [-0.39, 0.29) is 11.2 Å². The number of nitrogens with two attached hydrogens (primary N) is 1. The molecule has 0 aliphatic heterocycles. The molecule has 0 saturated carbocycles. The fourth-order valence-corrected chi connectivity index (χ4v) is 3.14. The zero-order chi connectivity index (χ0) is 14.9. The van der Waals surface area contributed by atoms with Crippen LogP contribution in [0.4, 0.5) is 4.39 Å². The van der Waals surface area contributed by atoms with Gasteiger partial charge in [0.2, 0.25) is 0 Å². The molecule has 1 atom stereocenters. The number of hydrogen-bond acceptors (Lipinski definition) is 3. The second kappa shape index (κ2) is 5.54. The second-order valence-electron chi connectivity index (χ2n) is 5.79. The summed E-state index contributed by atoms with van der Waals surface area (Å²) in [6, 6.07) is 8.30. The summed E-state index contributed by atoms with van der Waals surface area (Å²) in [6.07, 6.45) is 0. The van der Waals surface area contributed by atoms with Crippen LogP contribution in [0.15, 0.2) is 30.3 Å². The van der Waals surface area contributed by atoms with E-state index in [2.05, 4.69) is 26.8 Å². The quantitative estimate of drug-likeness (QED) is 0.918. The van der Waals surface area contributed by atoms with E-state index in [0.29, 0.717) is 11.3 Å². The standard InChI is InChI=1S/C16H20FNOS/c1-16(2,3)13-9-8-12(20-13)15(18)14-10(17)6-5-7-11(14)19-4/h5-9,15H,18H2,1-4H3. The average molecular weight is 293 g/mol. The molecule has 20 heavy (non-hydrogen) atoms. The maximum absolute atomic E-state index is 14.1. The fourth-order valence-electron chi connectivity index (χ4n) is 2.06. The first-order valence-corrected chi connectivity index (χ1v) is 7.34. The molecule has 0 aliphatic rings. The minimum absolute atomic E-state index is 0.0714. The number of methoxy groups -OCH3 is 1. The zero-order valence-corrected chi connectivity index (χ0v) is 13.1. The van der Waals surface area contributed by atoms with Crippen molar-refractivity contribution in [2.75, 3.05) is 7.11 Å². The van der Waals surface area contributed by atoms with Crippen molar-refractivity contribution in [1.82, 2.24) is 0 Å². The van der Waals surface area contributed by atoms with Crippen molar-refractivity contribution < 1.29 is 9.13 Å². The fraction of sp³-hybridized carbons (Fsp3) is 0.375. The summed E-state index contributed by atoms with van der Waals surface area (Å²) in [6.45, 7) is 6.45. The van der Waals surface area contributed by atoms with Crippen LogP contribution in [0.5, 0.6) is 5.75 Å². The first kappa shape index (κ1) is 15.0. The van der Waals surface area contributed by atoms with Crippen LogP contribution in [-0.2, 0) is 5.41 Å². The van der Waals surface area contributed by atoms with E-state index in [9.17, 15) is 4.39 Å². The van der Waals surface area contributed by atoms with E-state index in [1.165, 1.54) is 18.1 Å². The van der Waals surface area contributed by atoms with Gasteiger partial charge in [0.15, 0.2) is 0 Å². The molecular formula is C16H20FNOS. The van der Waals surface area contributed by atoms with Crippen molar-refractivity contribution in [2.24, 2.45) is 5.73 Å². The van der Waals surface area contributed by atoms with Crippen molar-refractivity contribution in [1.29, 1.82) is 0 Å². The van der Waals surface area contributed by atoms with Crippen molar-refractivity contribution in [3.8, 4) is 5.75 Å². The van der Waals surface area contributed by atoms with Crippen LogP contribution in [0.2, 0.25) is 0 Å². The third-order valence-corrected chi connectivity index (χ3v) is 4.81. The Bertz CT molecular complexity index is 601. The van der Waals surface area contributed by atoms with Crippen LogP contribution in [0.25, 0.3) is 0 Å². The highest BCUT2D eigenvalue weighted by Crippen LogP contribution is 2.37. The number of rotatable bonds is 3. The highest BCUT2D eigenvalue weighted by molar-refractivity contribution is 7.12. The van der Waals surface area contributed by atoms with Crippen LogP contribution in [-0.4, -0.2) is 7.11 Å². The molecule has 2 aromatic rings. The smallest absolute Gasteiger partial charge is 0.132 e. The predicted octanol–water partition coefficient (Wildman–Crippen LogP) is 4.24. The van der Waals surface area contributed by atoms with Crippen LogP contribution >= 0.6 is 11.3 Å². The van der Waals surface area contributed by atoms with Gasteiger partial charge in [0.1, 0.15) is 11.6 Å². The molecular weight excluding hydrogens is 273 g/mol. The molecule has 1 aromatic carbocycles. The molecule has 1 heterocycles. The summed E-state index contributed by atoms with van der Waals surface area (Å²) in [4.78, 5) is 2.18. The van der Waals surface area contributed by atoms with Crippen molar-refractivity contribution in [3.05, 3.63) is 51.5 Å². The lowest BCUT2D eigenvalue weighted by atomic mass is 9.95. The molecule has 0 aliphatic carbocycles. The molecule has 0 radical (unpaired) electrons. The molecule has 1 aromatic heterocycles. The van der Waals surface area contributed by atoms with Crippen LogP contribution < -0.4 is 10.5 Å². The normalized spacial score (nSPS) is 13.3. The summed E-state index contributed by atoms with van der Waals surface area (Å²) in [5.74, 6) is 0.158. The monoisotopic (exact) mass is 293 g/mol. The van der Waals surface area contributed by atoms with Gasteiger partial charge in [-0.2, -0.15) is 0 Å². The zero-order valence-electron chi connectivity index (χ0n) is 12.2. The average Bonchev–Trinajstić information content (AvgIpc) is 2.87. The highest BCUT2D eigenvalue weighted by atomic mass is 32.1. The van der Waals surface area contributed by atoms with Gasteiger partial charge in [-0.3, -0.25) is 0 Å². The number of benzene rings is 1. The van der Waals surface area contributed by atoms with Gasteiger partial charge in [0, 0.05) is 9.75 Å². The Labute approximate surface area is 123 Å². The molecule has 0 amide bonds. The van der Waals surface area contributed by atoms with Crippen LogP contribution in [0.1, 0.15) is 42.1 Å². The number of ether oxygens (including phenoxy) is 1. The molecule has 0 bridgehead atoms. The van der Waals surface area contributed by atoms with Gasteiger partial charge in [-0.15, -0.1) is 11.3 Å². The van der Waals surface area contributed by atoms with Gasteiger partial charge in [-0.05, 0) is 29.7 Å². The maximum atomic E-state index is 14.1. The Balaban J connectivity index is 2.42. The molecule has 0 fully saturated rings. The van der Waals surface area contributed by atoms with Gasteiger partial charge in [0.05, 0.1) is 18.7 Å². The van der Waals surface area contributed by atoms with Crippen LogP contribution in [0.3, 0.4) is 0 Å². The van der Waals surface area contributed by atoms with E-state index in [0.717, 1.165) is 4.88 Å². The topological polar surface area (TPSA) is 35.2 Å². The van der Waals surface area contributed by atoms with Gasteiger partial charge >= 0.3 is 0 Å². The molecule has 108 valence electrons. The third-order valence-electron chi connectivity index (χ3n) is 3.22. The molecule has 2 nitrogen and oxygen atoms in total. The van der Waals surface area contributed by atoms with Crippen LogP contribution in [0, 0.1) is 5.82 Å². The SMILES string of the molecule is COc1cccc(F)c1C(N)c1ccc(C(C)(C)C)s1.